The molecular weight excluding hydrogens is 194 g/mol. The van der Waals surface area contributed by atoms with Crippen LogP contribution in [0.4, 0.5) is 0 Å². The van der Waals surface area contributed by atoms with Crippen molar-refractivity contribution in [3.63, 3.8) is 0 Å². The van der Waals surface area contributed by atoms with E-state index in [0.29, 0.717) is 24.4 Å². The van der Waals surface area contributed by atoms with Crippen molar-refractivity contribution in [1.82, 2.24) is 10.3 Å². The summed E-state index contributed by atoms with van der Waals surface area (Å²) < 4.78 is 4.66. The molecule has 0 aliphatic rings. The third kappa shape index (κ3) is 1.97. The van der Waals surface area contributed by atoms with Gasteiger partial charge in [0.25, 0.3) is 0 Å². The van der Waals surface area contributed by atoms with Gasteiger partial charge in [0.05, 0.1) is 0 Å². The maximum Gasteiger partial charge on any atom is 0.138 e. The van der Waals surface area contributed by atoms with Crippen molar-refractivity contribution >= 4 is 0 Å². The topological polar surface area (TPSA) is 85.2 Å². The molecule has 0 atom stereocenters. The second-order valence-electron chi connectivity index (χ2n) is 3.15. The van der Waals surface area contributed by atoms with Crippen LogP contribution in [0.5, 0.6) is 5.75 Å². The molecule has 0 radical (unpaired) electrons. The summed E-state index contributed by atoms with van der Waals surface area (Å²) in [7, 11) is 0. The van der Waals surface area contributed by atoms with E-state index in [4.69, 9.17) is 5.73 Å². The van der Waals surface area contributed by atoms with Crippen LogP contribution >= 0.6 is 0 Å². The third-order valence-electron chi connectivity index (χ3n) is 2.06. The highest BCUT2D eigenvalue weighted by atomic mass is 16.6. The highest BCUT2D eigenvalue weighted by Crippen LogP contribution is 2.23. The lowest BCUT2D eigenvalue weighted by atomic mass is 10.1. The molecule has 0 aliphatic heterocycles. The number of phenolic OH excluding ortho intramolecular Hbond substituents is 1. The smallest absolute Gasteiger partial charge is 0.138 e. The zero-order valence-corrected chi connectivity index (χ0v) is 8.05. The number of aromatic nitrogens is 2. The number of nitrogens with two attached hydrogens (primary N) is 1. The van der Waals surface area contributed by atoms with E-state index in [0.717, 1.165) is 5.56 Å². The maximum absolute atomic E-state index is 9.33. The van der Waals surface area contributed by atoms with Crippen molar-refractivity contribution < 1.29 is 9.74 Å². The van der Waals surface area contributed by atoms with Crippen molar-refractivity contribution in [1.29, 1.82) is 0 Å². The Morgan fingerprint density at radius 3 is 2.93 bits per heavy atom. The van der Waals surface area contributed by atoms with Crippen LogP contribution in [0.15, 0.2) is 28.9 Å². The van der Waals surface area contributed by atoms with Gasteiger partial charge in [0, 0.05) is 12.0 Å². The van der Waals surface area contributed by atoms with E-state index in [-0.39, 0.29) is 5.75 Å². The third-order valence-corrected chi connectivity index (χ3v) is 2.06. The molecule has 15 heavy (non-hydrogen) atoms. The summed E-state index contributed by atoms with van der Waals surface area (Å²) in [5.41, 5.74) is 7.56. The summed E-state index contributed by atoms with van der Waals surface area (Å²) in [5, 5.41) is 16.9. The normalized spacial score (nSPS) is 10.5. The van der Waals surface area contributed by atoms with Gasteiger partial charge >= 0.3 is 0 Å². The van der Waals surface area contributed by atoms with Gasteiger partial charge in [0.1, 0.15) is 17.1 Å². The minimum absolute atomic E-state index is 0.189. The van der Waals surface area contributed by atoms with Crippen molar-refractivity contribution in [2.24, 2.45) is 5.73 Å². The Labute approximate surface area is 86.5 Å². The van der Waals surface area contributed by atoms with Gasteiger partial charge in [0.15, 0.2) is 0 Å². The quantitative estimate of drug-likeness (QED) is 0.779. The van der Waals surface area contributed by atoms with Crippen molar-refractivity contribution in [3.8, 4) is 17.0 Å². The average Bonchev–Trinajstić information content (AvgIpc) is 2.66. The van der Waals surface area contributed by atoms with Gasteiger partial charge in [0.2, 0.25) is 0 Å². The van der Waals surface area contributed by atoms with Crippen molar-refractivity contribution in [3.05, 3.63) is 30.0 Å². The van der Waals surface area contributed by atoms with Crippen LogP contribution in [0.2, 0.25) is 0 Å². The Hall–Kier alpha value is -1.88. The highest BCUT2D eigenvalue weighted by Gasteiger charge is 2.11. The Bertz CT molecular complexity index is 453. The number of benzene rings is 1. The number of phenols is 1. The lowest BCUT2D eigenvalue weighted by Gasteiger charge is -1.98. The van der Waals surface area contributed by atoms with Gasteiger partial charge < -0.3 is 10.8 Å². The molecule has 3 N–H and O–H groups in total. The molecule has 78 valence electrons. The molecule has 1 heterocycles. The number of rotatable bonds is 3. The molecule has 1 aromatic heterocycles. The van der Waals surface area contributed by atoms with Gasteiger partial charge in [-0.15, -0.1) is 0 Å². The van der Waals surface area contributed by atoms with Crippen LogP contribution in [0.1, 0.15) is 5.69 Å². The van der Waals surface area contributed by atoms with Crippen molar-refractivity contribution in [2.75, 3.05) is 6.54 Å². The summed E-state index contributed by atoms with van der Waals surface area (Å²) in [6.45, 7) is 0.486. The van der Waals surface area contributed by atoms with Crippen LogP contribution in [0, 0.1) is 0 Å². The molecule has 0 amide bonds. The van der Waals surface area contributed by atoms with E-state index in [1.807, 2.05) is 6.07 Å². The van der Waals surface area contributed by atoms with E-state index in [9.17, 15) is 5.11 Å². The summed E-state index contributed by atoms with van der Waals surface area (Å²) in [4.78, 5) is 0. The molecule has 0 saturated heterocycles. The number of hydrogen-bond donors (Lipinski definition) is 2. The van der Waals surface area contributed by atoms with Gasteiger partial charge in [-0.3, -0.25) is 0 Å². The minimum atomic E-state index is 0.189. The Morgan fingerprint density at radius 2 is 2.20 bits per heavy atom. The molecule has 5 heteroatoms. The zero-order valence-electron chi connectivity index (χ0n) is 8.05. The number of hydrogen-bond acceptors (Lipinski definition) is 5. The first-order chi connectivity index (χ1) is 7.31. The van der Waals surface area contributed by atoms with E-state index < -0.39 is 0 Å². The van der Waals surface area contributed by atoms with Gasteiger partial charge in [-0.05, 0) is 23.8 Å². The van der Waals surface area contributed by atoms with E-state index in [2.05, 4.69) is 14.9 Å². The van der Waals surface area contributed by atoms with Crippen LogP contribution in [-0.2, 0) is 6.42 Å². The van der Waals surface area contributed by atoms with Crippen LogP contribution in [0.25, 0.3) is 11.3 Å². The first-order valence-electron chi connectivity index (χ1n) is 4.62. The monoisotopic (exact) mass is 205 g/mol. The summed E-state index contributed by atoms with van der Waals surface area (Å²) in [6.07, 6.45) is 0.606. The molecular formula is C10H11N3O2. The fraction of sp³-hybridized carbons (Fsp3) is 0.200. The SMILES string of the molecule is NCCc1nonc1-c1cccc(O)c1. The maximum atomic E-state index is 9.33. The zero-order chi connectivity index (χ0) is 10.7. The molecule has 1 aromatic carbocycles. The molecule has 2 rings (SSSR count). The molecule has 0 unspecified atom stereocenters. The predicted molar refractivity (Wildman–Crippen MR) is 54.2 cm³/mol. The van der Waals surface area contributed by atoms with E-state index in [1.54, 1.807) is 18.2 Å². The lowest BCUT2D eigenvalue weighted by Crippen LogP contribution is -2.03. The van der Waals surface area contributed by atoms with E-state index in [1.165, 1.54) is 0 Å². The lowest BCUT2D eigenvalue weighted by molar-refractivity contribution is 0.304. The first kappa shape index (κ1) is 9.67. The number of nitrogens with zero attached hydrogens (tertiary/aromatic N) is 2. The van der Waals surface area contributed by atoms with Gasteiger partial charge in [-0.2, -0.15) is 0 Å². The average molecular weight is 205 g/mol. The summed E-state index contributed by atoms with van der Waals surface area (Å²) >= 11 is 0. The summed E-state index contributed by atoms with van der Waals surface area (Å²) in [5.74, 6) is 0.189. The van der Waals surface area contributed by atoms with Crippen LogP contribution in [0.3, 0.4) is 0 Å². The second kappa shape index (κ2) is 4.10. The second-order valence-corrected chi connectivity index (χ2v) is 3.15. The molecule has 2 aromatic rings. The molecule has 0 aliphatic carbocycles. The largest absolute Gasteiger partial charge is 0.508 e. The predicted octanol–water partition coefficient (Wildman–Crippen LogP) is 0.943. The van der Waals surface area contributed by atoms with Crippen LogP contribution in [-0.4, -0.2) is 22.0 Å². The molecule has 5 nitrogen and oxygen atoms in total. The Balaban J connectivity index is 2.40. The molecule has 0 saturated carbocycles. The van der Waals surface area contributed by atoms with Gasteiger partial charge in [-0.25, -0.2) is 4.63 Å². The van der Waals surface area contributed by atoms with Crippen LogP contribution < -0.4 is 5.73 Å². The van der Waals surface area contributed by atoms with E-state index >= 15 is 0 Å². The van der Waals surface area contributed by atoms with Crippen molar-refractivity contribution in [2.45, 2.75) is 6.42 Å². The minimum Gasteiger partial charge on any atom is -0.508 e. The Kier molecular flexibility index (Phi) is 2.64. The summed E-state index contributed by atoms with van der Waals surface area (Å²) in [6, 6.07) is 6.78. The fourth-order valence-electron chi connectivity index (χ4n) is 1.38. The first-order valence-corrected chi connectivity index (χ1v) is 4.62. The highest BCUT2D eigenvalue weighted by molar-refractivity contribution is 5.62. The fourth-order valence-corrected chi connectivity index (χ4v) is 1.38. The molecule has 0 bridgehead atoms. The molecule has 0 fully saturated rings. The van der Waals surface area contributed by atoms with Gasteiger partial charge in [-0.1, -0.05) is 17.3 Å². The molecule has 0 spiro atoms. The number of aromatic hydroxyl groups is 1. The standard InChI is InChI=1S/C10H11N3O2/c11-5-4-9-10(13-15-12-9)7-2-1-3-8(14)6-7/h1-3,6,14H,4-5,11H2. The Morgan fingerprint density at radius 1 is 1.33 bits per heavy atom.